The van der Waals surface area contributed by atoms with Gasteiger partial charge in [0.15, 0.2) is 0 Å². The van der Waals surface area contributed by atoms with Gasteiger partial charge in [0.25, 0.3) is 0 Å². The zero-order valence-corrected chi connectivity index (χ0v) is 17.1. The Morgan fingerprint density at radius 2 is 1.64 bits per heavy atom. The minimum atomic E-state index is -3.79. The zero-order valence-electron chi connectivity index (χ0n) is 16.3. The highest BCUT2D eigenvalue weighted by Gasteiger charge is 2.28. The highest BCUT2D eigenvalue weighted by atomic mass is 32.2. The molecule has 0 aliphatic heterocycles. The topological polar surface area (TPSA) is 56.3 Å². The first kappa shape index (κ1) is 19.8. The van der Waals surface area contributed by atoms with Crippen LogP contribution in [0.15, 0.2) is 82.6 Å². The molecule has 0 fully saturated rings. The molecule has 0 amide bonds. The maximum Gasteiger partial charge on any atom is 0.234 e. The van der Waals surface area contributed by atoms with Crippen LogP contribution >= 0.6 is 0 Å². The molecule has 0 atom stereocenters. The Hall–Kier alpha value is -2.92. The van der Waals surface area contributed by atoms with Gasteiger partial charge in [-0.15, -0.1) is 0 Å². The van der Waals surface area contributed by atoms with Gasteiger partial charge in [-0.3, -0.25) is 0 Å². The van der Waals surface area contributed by atoms with E-state index in [0.29, 0.717) is 16.8 Å². The third-order valence-electron chi connectivity index (χ3n) is 4.30. The largest absolute Gasteiger partial charge is 0.472 e. The van der Waals surface area contributed by atoms with Crippen molar-refractivity contribution in [3.63, 3.8) is 0 Å². The molecule has 0 saturated heterocycles. The van der Waals surface area contributed by atoms with Gasteiger partial charge >= 0.3 is 0 Å². The fourth-order valence-corrected chi connectivity index (χ4v) is 4.76. The molecule has 1 heterocycles. The summed E-state index contributed by atoms with van der Waals surface area (Å²) in [5, 5.41) is 0. The summed E-state index contributed by atoms with van der Waals surface area (Å²) in [6.07, 6.45) is 0. The molecule has 0 saturated carbocycles. The first-order valence-corrected chi connectivity index (χ1v) is 10.4. The van der Waals surface area contributed by atoms with Gasteiger partial charge in [-0.2, -0.15) is 0 Å². The van der Waals surface area contributed by atoms with Crippen LogP contribution in [0.4, 0.5) is 0 Å². The van der Waals surface area contributed by atoms with Crippen LogP contribution in [0.25, 0.3) is 11.3 Å². The van der Waals surface area contributed by atoms with Crippen molar-refractivity contribution in [1.29, 1.82) is 0 Å². The molecule has 3 rings (SSSR count). The number of rotatable bonds is 6. The lowest BCUT2D eigenvalue weighted by molar-refractivity contribution is 0.328. The molecule has 4 nitrogen and oxygen atoms in total. The van der Waals surface area contributed by atoms with Crippen LogP contribution in [-0.4, -0.2) is 20.0 Å². The number of benzene rings is 2. The van der Waals surface area contributed by atoms with Crippen molar-refractivity contribution in [2.24, 2.45) is 0 Å². The summed E-state index contributed by atoms with van der Waals surface area (Å²) >= 11 is 0. The Kier molecular flexibility index (Phi) is 5.66. The van der Waals surface area contributed by atoms with Gasteiger partial charge in [0, 0.05) is 5.56 Å². The molecular formula is C23H23NO3S. The number of hydrogen-bond acceptors (Lipinski definition) is 4. The lowest BCUT2D eigenvalue weighted by atomic mass is 10.1. The van der Waals surface area contributed by atoms with Crippen LogP contribution in [0.2, 0.25) is 0 Å². The molecule has 0 aliphatic rings. The van der Waals surface area contributed by atoms with Crippen LogP contribution in [0.3, 0.4) is 0 Å². The minimum Gasteiger partial charge on any atom is -0.472 e. The van der Waals surface area contributed by atoms with Crippen LogP contribution in [-0.2, 0) is 9.84 Å². The van der Waals surface area contributed by atoms with E-state index in [2.05, 4.69) is 11.6 Å². The fourth-order valence-electron chi connectivity index (χ4n) is 2.97. The summed E-state index contributed by atoms with van der Waals surface area (Å²) in [4.78, 5) is 4.91. The number of sulfone groups is 1. The molecular weight excluding hydrogens is 370 g/mol. The fraction of sp³-hybridized carbons (Fsp3) is 0.174. The summed E-state index contributed by atoms with van der Waals surface area (Å²) in [5.74, 6) is 0.102. The Labute approximate surface area is 166 Å². The van der Waals surface area contributed by atoms with E-state index in [1.807, 2.05) is 43.3 Å². The number of pyridine rings is 1. The molecule has 2 aromatic carbocycles. The first-order valence-electron chi connectivity index (χ1n) is 8.95. The summed E-state index contributed by atoms with van der Waals surface area (Å²) in [7, 11) is -3.79. The highest BCUT2D eigenvalue weighted by Crippen LogP contribution is 2.35. The van der Waals surface area contributed by atoms with E-state index in [1.165, 1.54) is 0 Å². The first-order chi connectivity index (χ1) is 13.3. The van der Waals surface area contributed by atoms with Crippen molar-refractivity contribution in [2.45, 2.75) is 30.6 Å². The van der Waals surface area contributed by atoms with Crippen LogP contribution in [0, 0.1) is 13.8 Å². The molecule has 0 aliphatic carbocycles. The lowest BCUT2D eigenvalue weighted by Crippen LogP contribution is -2.12. The molecule has 0 unspecified atom stereocenters. The summed E-state index contributed by atoms with van der Waals surface area (Å²) < 4.78 is 32.7. The Bertz CT molecular complexity index is 1120. The molecule has 28 heavy (non-hydrogen) atoms. The van der Waals surface area contributed by atoms with Crippen molar-refractivity contribution >= 4 is 9.84 Å². The van der Waals surface area contributed by atoms with Crippen LogP contribution < -0.4 is 4.74 Å². The third-order valence-corrected chi connectivity index (χ3v) is 6.38. The quantitative estimate of drug-likeness (QED) is 0.543. The Balaban J connectivity index is 2.22. The van der Waals surface area contributed by atoms with Gasteiger partial charge < -0.3 is 4.74 Å². The molecule has 3 aromatic rings. The number of nitrogens with zero attached hydrogens (tertiary/aromatic N) is 1. The van der Waals surface area contributed by atoms with Gasteiger partial charge in [0.1, 0.15) is 11.5 Å². The monoisotopic (exact) mass is 393 g/mol. The SMILES string of the molecule is C=C(C)COc1nc(-c2ccccc2)cc(C)c1S(=O)(=O)c1ccccc1C. The highest BCUT2D eigenvalue weighted by molar-refractivity contribution is 7.91. The lowest BCUT2D eigenvalue weighted by Gasteiger charge is -2.16. The van der Waals surface area contributed by atoms with E-state index in [-0.39, 0.29) is 22.3 Å². The molecule has 5 heteroatoms. The number of ether oxygens (including phenoxy) is 1. The van der Waals surface area contributed by atoms with Crippen molar-refractivity contribution < 1.29 is 13.2 Å². The Morgan fingerprint density at radius 1 is 1.00 bits per heavy atom. The predicted octanol–water partition coefficient (Wildman–Crippen LogP) is 5.15. The standard InChI is InChI=1S/C23H23NO3S/c1-16(2)15-27-23-22(28(25,26)21-13-9-8-10-17(21)3)18(4)14-20(24-23)19-11-6-5-7-12-19/h5-14H,1,15H2,2-4H3. The smallest absolute Gasteiger partial charge is 0.234 e. The molecule has 0 N–H and O–H groups in total. The van der Waals surface area contributed by atoms with Crippen LogP contribution in [0.1, 0.15) is 18.1 Å². The average molecular weight is 394 g/mol. The van der Waals surface area contributed by atoms with Gasteiger partial charge in [0.2, 0.25) is 15.7 Å². The van der Waals surface area contributed by atoms with Gasteiger partial charge in [-0.25, -0.2) is 13.4 Å². The van der Waals surface area contributed by atoms with Crippen molar-refractivity contribution in [2.75, 3.05) is 6.61 Å². The second-order valence-corrected chi connectivity index (χ2v) is 8.69. The second kappa shape index (κ2) is 7.98. The maximum atomic E-state index is 13.4. The molecule has 0 radical (unpaired) electrons. The van der Waals surface area contributed by atoms with E-state index in [0.717, 1.165) is 11.1 Å². The number of aryl methyl sites for hydroxylation is 2. The number of hydrogen-bond donors (Lipinski definition) is 0. The average Bonchev–Trinajstić information content (AvgIpc) is 2.66. The maximum absolute atomic E-state index is 13.4. The summed E-state index contributed by atoms with van der Waals surface area (Å²) in [5.41, 5.74) is 3.61. The van der Waals surface area contributed by atoms with Crippen molar-refractivity contribution in [1.82, 2.24) is 4.98 Å². The van der Waals surface area contributed by atoms with E-state index in [1.54, 1.807) is 38.1 Å². The second-order valence-electron chi connectivity index (χ2n) is 6.84. The van der Waals surface area contributed by atoms with E-state index < -0.39 is 9.84 Å². The molecule has 0 bridgehead atoms. The summed E-state index contributed by atoms with van der Waals surface area (Å²) in [6.45, 7) is 9.40. The molecule has 1 aromatic heterocycles. The number of aromatic nitrogens is 1. The van der Waals surface area contributed by atoms with Crippen molar-refractivity contribution in [3.8, 4) is 17.1 Å². The predicted molar refractivity (Wildman–Crippen MR) is 111 cm³/mol. The van der Waals surface area contributed by atoms with Crippen LogP contribution in [0.5, 0.6) is 5.88 Å². The molecule has 144 valence electrons. The van der Waals surface area contributed by atoms with E-state index in [9.17, 15) is 8.42 Å². The van der Waals surface area contributed by atoms with E-state index >= 15 is 0 Å². The third kappa shape index (κ3) is 3.99. The normalized spacial score (nSPS) is 11.2. The Morgan fingerprint density at radius 3 is 2.29 bits per heavy atom. The van der Waals surface area contributed by atoms with Gasteiger partial charge in [0.05, 0.1) is 10.6 Å². The summed E-state index contributed by atoms with van der Waals surface area (Å²) in [6, 6.07) is 18.3. The minimum absolute atomic E-state index is 0.0998. The van der Waals surface area contributed by atoms with Gasteiger partial charge in [-0.1, -0.05) is 55.1 Å². The molecule has 0 spiro atoms. The van der Waals surface area contributed by atoms with E-state index in [4.69, 9.17) is 4.74 Å². The van der Waals surface area contributed by atoms with Gasteiger partial charge in [-0.05, 0) is 49.6 Å². The van der Waals surface area contributed by atoms with Crippen molar-refractivity contribution in [3.05, 3.63) is 83.9 Å². The zero-order chi connectivity index (χ0) is 20.3.